The van der Waals surface area contributed by atoms with Gasteiger partial charge in [0.1, 0.15) is 5.82 Å². The number of hydrogen-bond donors (Lipinski definition) is 0. The number of benzene rings is 3. The minimum absolute atomic E-state index is 0.325. The first kappa shape index (κ1) is 25.5. The van der Waals surface area contributed by atoms with Gasteiger partial charge in [0.15, 0.2) is 17.9 Å². The Morgan fingerprint density at radius 3 is 2.46 bits per heavy atom. The van der Waals surface area contributed by atoms with Gasteiger partial charge >= 0.3 is 6.61 Å². The Kier molecular flexibility index (Phi) is 8.63. The first-order valence-corrected chi connectivity index (χ1v) is 12.1. The molecule has 0 N–H and O–H groups in total. The van der Waals surface area contributed by atoms with Gasteiger partial charge in [0.2, 0.25) is 0 Å². The Labute approximate surface area is 203 Å². The highest BCUT2D eigenvalue weighted by Crippen LogP contribution is 2.31. The van der Waals surface area contributed by atoms with E-state index in [4.69, 9.17) is 9.47 Å². The van der Waals surface area contributed by atoms with Crippen molar-refractivity contribution in [3.05, 3.63) is 76.9 Å². The van der Waals surface area contributed by atoms with Gasteiger partial charge in [0.25, 0.3) is 0 Å². The molecule has 3 aromatic rings. The van der Waals surface area contributed by atoms with Crippen LogP contribution >= 0.6 is 0 Å². The zero-order valence-corrected chi connectivity index (χ0v) is 19.7. The van der Waals surface area contributed by atoms with Gasteiger partial charge in [-0.1, -0.05) is 56.5 Å². The number of halogens is 4. The van der Waals surface area contributed by atoms with Crippen molar-refractivity contribution >= 4 is 10.8 Å². The summed E-state index contributed by atoms with van der Waals surface area (Å²) in [6.45, 7) is 0.419. The molecule has 35 heavy (non-hydrogen) atoms. The van der Waals surface area contributed by atoms with Crippen molar-refractivity contribution in [2.24, 2.45) is 5.92 Å². The molecule has 0 spiro atoms. The van der Waals surface area contributed by atoms with Crippen LogP contribution in [-0.2, 0) is 22.3 Å². The summed E-state index contributed by atoms with van der Waals surface area (Å²) in [7, 11) is 0. The van der Waals surface area contributed by atoms with Crippen molar-refractivity contribution in [3.63, 3.8) is 0 Å². The molecule has 3 nitrogen and oxygen atoms in total. The van der Waals surface area contributed by atoms with Gasteiger partial charge in [-0.2, -0.15) is 8.78 Å². The molecule has 0 aromatic heterocycles. The molecule has 188 valence electrons. The molecule has 1 saturated heterocycles. The Hall–Kier alpha value is -2.64. The van der Waals surface area contributed by atoms with Crippen molar-refractivity contribution < 1.29 is 31.8 Å². The van der Waals surface area contributed by atoms with Crippen molar-refractivity contribution in [1.29, 1.82) is 0 Å². The van der Waals surface area contributed by atoms with Crippen molar-refractivity contribution in [1.82, 2.24) is 0 Å². The van der Waals surface area contributed by atoms with Crippen LogP contribution in [0.15, 0.2) is 48.5 Å². The predicted molar refractivity (Wildman–Crippen MR) is 127 cm³/mol. The highest BCUT2D eigenvalue weighted by Gasteiger charge is 2.24. The maximum Gasteiger partial charge on any atom is 0.387 e. The number of alkyl halides is 2. The zero-order chi connectivity index (χ0) is 24.8. The SMILES string of the molecule is CCCCCC1COC(c2ccc3c(F)c(CCc4ccc(OC(F)F)c(F)c4)ccc3c2)OC1. The maximum absolute atomic E-state index is 15.2. The molecule has 0 radical (unpaired) electrons. The fourth-order valence-corrected chi connectivity index (χ4v) is 4.45. The highest BCUT2D eigenvalue weighted by atomic mass is 19.3. The minimum atomic E-state index is -3.09. The first-order valence-electron chi connectivity index (χ1n) is 12.1. The highest BCUT2D eigenvalue weighted by molar-refractivity contribution is 5.84. The Balaban J connectivity index is 1.39. The summed E-state index contributed by atoms with van der Waals surface area (Å²) < 4.78 is 69.7. The van der Waals surface area contributed by atoms with E-state index in [1.54, 1.807) is 12.1 Å². The van der Waals surface area contributed by atoms with Crippen LogP contribution in [0.2, 0.25) is 0 Å². The van der Waals surface area contributed by atoms with Gasteiger partial charge in [-0.3, -0.25) is 0 Å². The van der Waals surface area contributed by atoms with E-state index in [1.807, 2.05) is 18.2 Å². The monoisotopic (exact) mass is 490 g/mol. The summed E-state index contributed by atoms with van der Waals surface area (Å²) in [5.74, 6) is -1.28. The molecule has 0 aliphatic carbocycles. The fraction of sp³-hybridized carbons (Fsp3) is 0.429. The lowest BCUT2D eigenvalue weighted by atomic mass is 9.98. The minimum Gasteiger partial charge on any atom is -0.432 e. The maximum atomic E-state index is 15.2. The topological polar surface area (TPSA) is 27.7 Å². The molecule has 0 unspecified atom stereocenters. The third-order valence-corrected chi connectivity index (χ3v) is 6.41. The predicted octanol–water partition coefficient (Wildman–Crippen LogP) is 7.75. The third-order valence-electron chi connectivity index (χ3n) is 6.41. The van der Waals surface area contributed by atoms with Crippen LogP contribution in [-0.4, -0.2) is 19.8 Å². The molecule has 1 aliphatic rings. The smallest absolute Gasteiger partial charge is 0.387 e. The zero-order valence-electron chi connectivity index (χ0n) is 19.7. The normalized spacial score (nSPS) is 18.3. The summed E-state index contributed by atoms with van der Waals surface area (Å²) >= 11 is 0. The van der Waals surface area contributed by atoms with Gasteiger partial charge in [0, 0.05) is 16.9 Å². The second-order valence-electron chi connectivity index (χ2n) is 9.02. The molecule has 0 amide bonds. The van der Waals surface area contributed by atoms with Gasteiger partial charge in [-0.25, -0.2) is 8.78 Å². The molecule has 4 rings (SSSR count). The van der Waals surface area contributed by atoms with Crippen LogP contribution in [0.3, 0.4) is 0 Å². The number of aryl methyl sites for hydroxylation is 2. The summed E-state index contributed by atoms with van der Waals surface area (Å²) in [6, 6.07) is 12.8. The third kappa shape index (κ3) is 6.53. The summed E-state index contributed by atoms with van der Waals surface area (Å²) in [4.78, 5) is 0. The number of ether oxygens (including phenoxy) is 3. The standard InChI is InChI=1S/C28H30F4O3/c1-2-3-4-5-19-16-33-27(34-17-19)22-11-12-23-21(15-22)10-9-20(26(23)30)8-6-18-7-13-25(24(29)14-18)35-28(31)32/h7,9-15,19,27-28H,2-6,8,16-17H2,1H3. The number of unbranched alkanes of at least 4 members (excludes halogenated alkanes) is 2. The number of fused-ring (bicyclic) bond motifs is 1. The lowest BCUT2D eigenvalue weighted by molar-refractivity contribution is -0.206. The molecular formula is C28H30F4O3. The largest absolute Gasteiger partial charge is 0.432 e. The van der Waals surface area contributed by atoms with Crippen LogP contribution in [0.1, 0.15) is 55.6 Å². The molecule has 1 heterocycles. The molecule has 0 bridgehead atoms. The van der Waals surface area contributed by atoms with Crippen LogP contribution in [0.5, 0.6) is 5.75 Å². The average Bonchev–Trinajstić information content (AvgIpc) is 2.85. The van der Waals surface area contributed by atoms with Crippen molar-refractivity contribution in [3.8, 4) is 5.75 Å². The van der Waals surface area contributed by atoms with Crippen molar-refractivity contribution in [2.45, 2.75) is 58.4 Å². The Morgan fingerprint density at radius 2 is 1.74 bits per heavy atom. The molecular weight excluding hydrogens is 460 g/mol. The van der Waals surface area contributed by atoms with Crippen LogP contribution in [0, 0.1) is 17.6 Å². The summed E-state index contributed by atoms with van der Waals surface area (Å²) in [5, 5.41) is 1.24. The van der Waals surface area contributed by atoms with E-state index in [9.17, 15) is 13.2 Å². The molecule has 1 fully saturated rings. The second kappa shape index (κ2) is 11.9. The first-order chi connectivity index (χ1) is 16.9. The van der Waals surface area contributed by atoms with Gasteiger partial charge < -0.3 is 14.2 Å². The molecule has 7 heteroatoms. The van der Waals surface area contributed by atoms with Crippen LogP contribution < -0.4 is 4.74 Å². The lowest BCUT2D eigenvalue weighted by Crippen LogP contribution is -2.27. The van der Waals surface area contributed by atoms with Crippen molar-refractivity contribution in [2.75, 3.05) is 13.2 Å². The quantitative estimate of drug-likeness (QED) is 0.215. The number of rotatable bonds is 10. The summed E-state index contributed by atoms with van der Waals surface area (Å²) in [5.41, 5.74) is 1.93. The van der Waals surface area contributed by atoms with E-state index in [0.717, 1.165) is 29.5 Å². The Bertz CT molecular complexity index is 1130. The van der Waals surface area contributed by atoms with E-state index in [1.165, 1.54) is 25.3 Å². The van der Waals surface area contributed by atoms with E-state index in [0.29, 0.717) is 48.5 Å². The van der Waals surface area contributed by atoms with Gasteiger partial charge in [0.05, 0.1) is 13.2 Å². The molecule has 1 aliphatic heterocycles. The molecule has 0 atom stereocenters. The molecule has 3 aromatic carbocycles. The number of hydrogen-bond acceptors (Lipinski definition) is 3. The second-order valence-corrected chi connectivity index (χ2v) is 9.02. The van der Waals surface area contributed by atoms with Crippen LogP contribution in [0.4, 0.5) is 17.6 Å². The van der Waals surface area contributed by atoms with E-state index >= 15 is 4.39 Å². The lowest BCUT2D eigenvalue weighted by Gasteiger charge is -2.29. The van der Waals surface area contributed by atoms with E-state index < -0.39 is 24.5 Å². The van der Waals surface area contributed by atoms with Gasteiger partial charge in [-0.15, -0.1) is 0 Å². The van der Waals surface area contributed by atoms with Crippen LogP contribution in [0.25, 0.3) is 10.8 Å². The Morgan fingerprint density at radius 1 is 0.943 bits per heavy atom. The fourth-order valence-electron chi connectivity index (χ4n) is 4.45. The average molecular weight is 491 g/mol. The van der Waals surface area contributed by atoms with E-state index in [2.05, 4.69) is 11.7 Å². The van der Waals surface area contributed by atoms with Gasteiger partial charge in [-0.05, 0) is 54.0 Å². The molecule has 0 saturated carbocycles. The summed E-state index contributed by atoms with van der Waals surface area (Å²) in [6.07, 6.45) is 4.95. The van der Waals surface area contributed by atoms with E-state index in [-0.39, 0.29) is 5.82 Å².